The summed E-state index contributed by atoms with van der Waals surface area (Å²) in [5.74, 6) is -0.377. The number of benzene rings is 2. The van der Waals surface area contributed by atoms with E-state index in [4.69, 9.17) is 0 Å². The maximum atomic E-state index is 12.7. The number of rotatable bonds is 5. The van der Waals surface area contributed by atoms with E-state index in [-0.39, 0.29) is 30.8 Å². The Kier molecular flexibility index (Phi) is 4.62. The third kappa shape index (κ3) is 3.43. The lowest BCUT2D eigenvalue weighted by molar-refractivity contribution is -0.129. The van der Waals surface area contributed by atoms with E-state index in [1.807, 2.05) is 54.6 Å². The van der Waals surface area contributed by atoms with Crippen molar-refractivity contribution in [2.45, 2.75) is 32.0 Å². The van der Waals surface area contributed by atoms with E-state index in [0.29, 0.717) is 19.5 Å². The summed E-state index contributed by atoms with van der Waals surface area (Å²) in [5.41, 5.74) is 3.20. The molecule has 0 spiro atoms. The predicted octanol–water partition coefficient (Wildman–Crippen LogP) is 2.08. The Balaban J connectivity index is 1.34. The number of hydrogen-bond acceptors (Lipinski definition) is 3. The summed E-state index contributed by atoms with van der Waals surface area (Å²) in [4.78, 5) is 40.3. The van der Waals surface area contributed by atoms with Gasteiger partial charge in [0.2, 0.25) is 5.91 Å². The minimum absolute atomic E-state index is 0.109. The molecule has 2 aliphatic heterocycles. The molecular weight excluding hydrogens is 342 g/mol. The first-order chi connectivity index (χ1) is 13.1. The first kappa shape index (κ1) is 17.3. The van der Waals surface area contributed by atoms with Crippen molar-refractivity contribution < 1.29 is 14.4 Å². The highest BCUT2D eigenvalue weighted by atomic mass is 16.2. The van der Waals surface area contributed by atoms with Gasteiger partial charge in [0.25, 0.3) is 5.91 Å². The largest absolute Gasteiger partial charge is 0.352 e. The van der Waals surface area contributed by atoms with Crippen molar-refractivity contribution in [3.05, 3.63) is 71.3 Å². The van der Waals surface area contributed by atoms with Gasteiger partial charge in [0.1, 0.15) is 6.04 Å². The van der Waals surface area contributed by atoms with Crippen molar-refractivity contribution in [1.29, 1.82) is 0 Å². The van der Waals surface area contributed by atoms with Gasteiger partial charge < -0.3 is 10.2 Å². The molecule has 0 saturated carbocycles. The molecule has 1 N–H and O–H groups in total. The average molecular weight is 363 g/mol. The number of urea groups is 1. The molecule has 27 heavy (non-hydrogen) atoms. The maximum Gasteiger partial charge on any atom is 0.327 e. The monoisotopic (exact) mass is 363 g/mol. The van der Waals surface area contributed by atoms with Gasteiger partial charge in [0, 0.05) is 32.5 Å². The SMILES string of the molecule is O=C(CCN1C(=O)[C@@H]2Cc3ccccc3CN2C1=O)NCc1ccccc1. The molecule has 0 bridgehead atoms. The fraction of sp³-hybridized carbons (Fsp3) is 0.286. The minimum Gasteiger partial charge on any atom is -0.352 e. The van der Waals surface area contributed by atoms with E-state index >= 15 is 0 Å². The van der Waals surface area contributed by atoms with E-state index < -0.39 is 6.04 Å². The maximum absolute atomic E-state index is 12.7. The molecule has 1 saturated heterocycles. The van der Waals surface area contributed by atoms with Crippen molar-refractivity contribution >= 4 is 17.8 Å². The molecule has 4 amide bonds. The number of carbonyl (C=O) groups is 3. The second-order valence-electron chi connectivity index (χ2n) is 6.90. The zero-order valence-electron chi connectivity index (χ0n) is 14.9. The van der Waals surface area contributed by atoms with Gasteiger partial charge in [-0.15, -0.1) is 0 Å². The van der Waals surface area contributed by atoms with Crippen molar-refractivity contribution in [2.24, 2.45) is 0 Å². The molecule has 1 fully saturated rings. The van der Waals surface area contributed by atoms with Crippen molar-refractivity contribution in [1.82, 2.24) is 15.1 Å². The molecule has 0 unspecified atom stereocenters. The number of nitrogens with one attached hydrogen (secondary N) is 1. The summed E-state index contributed by atoms with van der Waals surface area (Å²) in [7, 11) is 0. The molecule has 2 aromatic carbocycles. The number of hydrogen-bond donors (Lipinski definition) is 1. The summed E-state index contributed by atoms with van der Waals surface area (Å²) in [6.45, 7) is 0.995. The highest BCUT2D eigenvalue weighted by molar-refractivity contribution is 6.04. The number of nitrogens with zero attached hydrogens (tertiary/aromatic N) is 2. The van der Waals surface area contributed by atoms with E-state index in [1.165, 1.54) is 4.90 Å². The van der Waals surface area contributed by atoms with Crippen LogP contribution < -0.4 is 5.32 Å². The zero-order valence-corrected chi connectivity index (χ0v) is 14.9. The molecule has 0 aliphatic carbocycles. The molecule has 2 heterocycles. The Bertz CT molecular complexity index is 838. The number of imide groups is 1. The highest BCUT2D eigenvalue weighted by Crippen LogP contribution is 2.29. The van der Waals surface area contributed by atoms with Crippen LogP contribution in [0.4, 0.5) is 4.79 Å². The summed E-state index contributed by atoms with van der Waals surface area (Å²) in [6.07, 6.45) is 0.648. The highest BCUT2D eigenvalue weighted by Gasteiger charge is 2.46. The van der Waals surface area contributed by atoms with Crippen LogP contribution in [0, 0.1) is 0 Å². The van der Waals surface area contributed by atoms with Crippen LogP contribution in [0.25, 0.3) is 0 Å². The van der Waals surface area contributed by atoms with Gasteiger partial charge in [-0.25, -0.2) is 4.79 Å². The third-order valence-electron chi connectivity index (χ3n) is 5.17. The summed E-state index contributed by atoms with van der Waals surface area (Å²) in [6, 6.07) is 16.8. The van der Waals surface area contributed by atoms with Crippen LogP contribution in [0.1, 0.15) is 23.1 Å². The first-order valence-corrected chi connectivity index (χ1v) is 9.13. The van der Waals surface area contributed by atoms with Crippen LogP contribution in [-0.2, 0) is 29.1 Å². The Morgan fingerprint density at radius 3 is 2.48 bits per heavy atom. The number of carbonyl (C=O) groups excluding carboxylic acids is 3. The fourth-order valence-corrected chi connectivity index (χ4v) is 3.68. The van der Waals surface area contributed by atoms with Crippen LogP contribution in [0.15, 0.2) is 54.6 Å². The van der Waals surface area contributed by atoms with Gasteiger partial charge in [-0.1, -0.05) is 54.6 Å². The molecule has 138 valence electrons. The van der Waals surface area contributed by atoms with E-state index in [2.05, 4.69) is 5.32 Å². The topological polar surface area (TPSA) is 69.7 Å². The molecule has 2 aromatic rings. The molecular formula is C21H21N3O3. The van der Waals surface area contributed by atoms with Gasteiger partial charge in [-0.2, -0.15) is 0 Å². The van der Waals surface area contributed by atoms with E-state index in [9.17, 15) is 14.4 Å². The van der Waals surface area contributed by atoms with E-state index in [0.717, 1.165) is 16.7 Å². The molecule has 6 heteroatoms. The lowest BCUT2D eigenvalue weighted by Gasteiger charge is -2.28. The Labute approximate surface area is 157 Å². The zero-order chi connectivity index (χ0) is 18.8. The molecule has 6 nitrogen and oxygen atoms in total. The molecule has 2 aliphatic rings. The smallest absolute Gasteiger partial charge is 0.327 e. The number of fused-ring (bicyclic) bond motifs is 2. The van der Waals surface area contributed by atoms with Crippen LogP contribution in [-0.4, -0.2) is 40.2 Å². The molecule has 1 atom stereocenters. The molecule has 0 aromatic heterocycles. The second-order valence-corrected chi connectivity index (χ2v) is 6.90. The normalized spacial score (nSPS) is 18.3. The summed E-state index contributed by atoms with van der Waals surface area (Å²) >= 11 is 0. The lowest BCUT2D eigenvalue weighted by atomic mass is 9.95. The van der Waals surface area contributed by atoms with Crippen LogP contribution >= 0.6 is 0 Å². The van der Waals surface area contributed by atoms with Crippen LogP contribution in [0.3, 0.4) is 0 Å². The Morgan fingerprint density at radius 1 is 1.00 bits per heavy atom. The van der Waals surface area contributed by atoms with E-state index in [1.54, 1.807) is 4.90 Å². The Morgan fingerprint density at radius 2 is 1.70 bits per heavy atom. The van der Waals surface area contributed by atoms with Gasteiger partial charge in [0.05, 0.1) is 0 Å². The minimum atomic E-state index is -0.445. The first-order valence-electron chi connectivity index (χ1n) is 9.13. The number of amides is 4. The van der Waals surface area contributed by atoms with Crippen molar-refractivity contribution in [3.8, 4) is 0 Å². The summed E-state index contributed by atoms with van der Waals surface area (Å²) in [5, 5.41) is 2.83. The van der Waals surface area contributed by atoms with Gasteiger partial charge >= 0.3 is 6.03 Å². The molecule has 0 radical (unpaired) electrons. The van der Waals surface area contributed by atoms with Crippen molar-refractivity contribution in [3.63, 3.8) is 0 Å². The quantitative estimate of drug-likeness (QED) is 0.827. The Hall–Kier alpha value is -3.15. The predicted molar refractivity (Wildman–Crippen MR) is 99.5 cm³/mol. The molecule has 4 rings (SSSR count). The van der Waals surface area contributed by atoms with Crippen molar-refractivity contribution in [2.75, 3.05) is 6.54 Å². The second kappa shape index (κ2) is 7.23. The van der Waals surface area contributed by atoms with Crippen LogP contribution in [0.2, 0.25) is 0 Å². The lowest BCUT2D eigenvalue weighted by Crippen LogP contribution is -2.39. The van der Waals surface area contributed by atoms with Gasteiger partial charge in [-0.3, -0.25) is 14.5 Å². The fourth-order valence-electron chi connectivity index (χ4n) is 3.68. The summed E-state index contributed by atoms with van der Waals surface area (Å²) < 4.78 is 0. The standard InChI is InChI=1S/C21H21N3O3/c25-19(22-13-15-6-2-1-3-7-15)10-11-23-20(26)18-12-16-8-4-5-9-17(16)14-24(18)21(23)27/h1-9,18H,10-14H2,(H,22,25)/t18-/m0/s1. The average Bonchev–Trinajstić information content (AvgIpc) is 2.93. The van der Waals surface area contributed by atoms with Gasteiger partial charge in [-0.05, 0) is 16.7 Å². The van der Waals surface area contributed by atoms with Crippen LogP contribution in [0.5, 0.6) is 0 Å². The van der Waals surface area contributed by atoms with Gasteiger partial charge in [0.15, 0.2) is 0 Å². The third-order valence-corrected chi connectivity index (χ3v) is 5.17.